The fourth-order valence-electron chi connectivity index (χ4n) is 0.949. The summed E-state index contributed by atoms with van der Waals surface area (Å²) in [6.45, 7) is 1.20. The summed E-state index contributed by atoms with van der Waals surface area (Å²) in [6, 6.07) is 6.28. The van der Waals surface area contributed by atoms with Gasteiger partial charge in [0.2, 0.25) is 10.0 Å². The number of hydrogen-bond acceptors (Lipinski definition) is 4. The van der Waals surface area contributed by atoms with Gasteiger partial charge in [0.1, 0.15) is 0 Å². The Morgan fingerprint density at radius 1 is 1.33 bits per heavy atom. The summed E-state index contributed by atoms with van der Waals surface area (Å²) in [5.74, 6) is -1.46. The molecule has 0 spiro atoms. The number of carboxylic acids is 1. The van der Waals surface area contributed by atoms with Gasteiger partial charge in [0.15, 0.2) is 0 Å². The standard InChI is InChI=1S/C9H11NO4S/c1-7(9(11)12)10-15(13,14)8-5-3-2-4-6-8/h2-7,10H,1H3,(H,11,12)/p-1/t7-/m1/s1. The van der Waals surface area contributed by atoms with Gasteiger partial charge in [0.05, 0.1) is 16.9 Å². The van der Waals surface area contributed by atoms with Crippen molar-refractivity contribution in [2.45, 2.75) is 17.9 Å². The van der Waals surface area contributed by atoms with Crippen LogP contribution in [-0.2, 0) is 14.8 Å². The largest absolute Gasteiger partial charge is 0.548 e. The Hall–Kier alpha value is -1.40. The molecular formula is C9H10NO4S-. The molecule has 5 nitrogen and oxygen atoms in total. The van der Waals surface area contributed by atoms with Gasteiger partial charge >= 0.3 is 0 Å². The monoisotopic (exact) mass is 228 g/mol. The van der Waals surface area contributed by atoms with Crippen molar-refractivity contribution < 1.29 is 18.3 Å². The quantitative estimate of drug-likeness (QED) is 0.723. The van der Waals surface area contributed by atoms with E-state index in [1.165, 1.54) is 19.1 Å². The van der Waals surface area contributed by atoms with Crippen LogP contribution in [-0.4, -0.2) is 20.4 Å². The molecular weight excluding hydrogens is 218 g/mol. The van der Waals surface area contributed by atoms with Gasteiger partial charge in [-0.25, -0.2) is 13.1 Å². The minimum absolute atomic E-state index is 0.0260. The molecule has 15 heavy (non-hydrogen) atoms. The summed E-state index contributed by atoms with van der Waals surface area (Å²) < 4.78 is 25.1. The molecule has 82 valence electrons. The fourth-order valence-corrected chi connectivity index (χ4v) is 2.16. The first-order valence-electron chi connectivity index (χ1n) is 4.22. The molecule has 1 N–H and O–H groups in total. The Morgan fingerprint density at radius 2 is 1.87 bits per heavy atom. The third kappa shape index (κ3) is 3.03. The topological polar surface area (TPSA) is 86.3 Å². The van der Waals surface area contributed by atoms with Crippen LogP contribution in [0.2, 0.25) is 0 Å². The maximum atomic E-state index is 11.5. The van der Waals surface area contributed by atoms with Crippen LogP contribution in [0.4, 0.5) is 0 Å². The van der Waals surface area contributed by atoms with E-state index in [4.69, 9.17) is 0 Å². The second kappa shape index (κ2) is 4.41. The van der Waals surface area contributed by atoms with Crippen molar-refractivity contribution in [2.24, 2.45) is 0 Å². The number of carboxylic acid groups (broad SMARTS) is 1. The zero-order valence-corrected chi connectivity index (χ0v) is 8.82. The van der Waals surface area contributed by atoms with E-state index in [0.29, 0.717) is 0 Å². The molecule has 0 bridgehead atoms. The van der Waals surface area contributed by atoms with Crippen molar-refractivity contribution in [3.8, 4) is 0 Å². The summed E-state index contributed by atoms with van der Waals surface area (Å²) in [4.78, 5) is 10.4. The maximum absolute atomic E-state index is 11.5. The number of nitrogens with one attached hydrogen (secondary N) is 1. The highest BCUT2D eigenvalue weighted by molar-refractivity contribution is 7.89. The minimum Gasteiger partial charge on any atom is -0.548 e. The van der Waals surface area contributed by atoms with Crippen molar-refractivity contribution in [1.82, 2.24) is 4.72 Å². The van der Waals surface area contributed by atoms with Crippen LogP contribution in [0.5, 0.6) is 0 Å². The number of benzene rings is 1. The van der Waals surface area contributed by atoms with Crippen molar-refractivity contribution in [3.05, 3.63) is 30.3 Å². The van der Waals surface area contributed by atoms with E-state index >= 15 is 0 Å². The molecule has 1 aromatic rings. The smallest absolute Gasteiger partial charge is 0.241 e. The minimum atomic E-state index is -3.78. The lowest BCUT2D eigenvalue weighted by atomic mass is 10.4. The van der Waals surface area contributed by atoms with Crippen molar-refractivity contribution >= 4 is 16.0 Å². The van der Waals surface area contributed by atoms with Crippen molar-refractivity contribution in [1.29, 1.82) is 0 Å². The lowest BCUT2D eigenvalue weighted by Crippen LogP contribution is -2.45. The molecule has 1 aromatic carbocycles. The SMILES string of the molecule is C[C@@H](NS(=O)(=O)c1ccccc1)C(=O)[O-]. The highest BCUT2D eigenvalue weighted by Crippen LogP contribution is 2.07. The molecule has 0 saturated heterocycles. The van der Waals surface area contributed by atoms with E-state index in [2.05, 4.69) is 0 Å². The van der Waals surface area contributed by atoms with Crippen LogP contribution >= 0.6 is 0 Å². The Morgan fingerprint density at radius 3 is 2.33 bits per heavy atom. The number of carbonyl (C=O) groups is 1. The van der Waals surface area contributed by atoms with E-state index < -0.39 is 22.0 Å². The molecule has 0 unspecified atom stereocenters. The van der Waals surface area contributed by atoms with E-state index in [9.17, 15) is 18.3 Å². The van der Waals surface area contributed by atoms with Crippen LogP contribution in [0.25, 0.3) is 0 Å². The number of carbonyl (C=O) groups excluding carboxylic acids is 1. The van der Waals surface area contributed by atoms with Gasteiger partial charge in [-0.2, -0.15) is 0 Å². The number of sulfonamides is 1. The highest BCUT2D eigenvalue weighted by atomic mass is 32.2. The van der Waals surface area contributed by atoms with Crippen LogP contribution < -0.4 is 9.83 Å². The third-order valence-corrected chi connectivity index (χ3v) is 3.30. The molecule has 0 amide bonds. The number of aliphatic carboxylic acids is 1. The zero-order chi connectivity index (χ0) is 11.5. The van der Waals surface area contributed by atoms with E-state index in [1.54, 1.807) is 18.2 Å². The molecule has 0 aromatic heterocycles. The highest BCUT2D eigenvalue weighted by Gasteiger charge is 2.16. The third-order valence-electron chi connectivity index (χ3n) is 1.74. The average Bonchev–Trinajstić information content (AvgIpc) is 2.18. The number of hydrogen-bond donors (Lipinski definition) is 1. The first-order chi connectivity index (χ1) is 6.93. The molecule has 0 saturated carbocycles. The summed E-state index contributed by atoms with van der Waals surface area (Å²) in [5.41, 5.74) is 0. The van der Waals surface area contributed by atoms with Crippen LogP contribution in [0.15, 0.2) is 35.2 Å². The summed E-state index contributed by atoms with van der Waals surface area (Å²) in [7, 11) is -3.78. The van der Waals surface area contributed by atoms with Crippen LogP contribution in [0, 0.1) is 0 Å². The Kier molecular flexibility index (Phi) is 3.43. The number of rotatable bonds is 4. The van der Waals surface area contributed by atoms with Crippen molar-refractivity contribution in [3.63, 3.8) is 0 Å². The van der Waals surface area contributed by atoms with E-state index in [0.717, 1.165) is 0 Å². The predicted molar refractivity (Wildman–Crippen MR) is 51.2 cm³/mol. The Bertz CT molecular complexity index is 440. The summed E-state index contributed by atoms with van der Waals surface area (Å²) in [6.07, 6.45) is 0. The normalized spacial score (nSPS) is 13.4. The Balaban J connectivity index is 2.91. The molecule has 0 heterocycles. The summed E-state index contributed by atoms with van der Waals surface area (Å²) in [5, 5.41) is 10.4. The van der Waals surface area contributed by atoms with Crippen LogP contribution in [0.1, 0.15) is 6.92 Å². The van der Waals surface area contributed by atoms with Gasteiger partial charge in [-0.15, -0.1) is 0 Å². The van der Waals surface area contributed by atoms with Crippen LogP contribution in [0.3, 0.4) is 0 Å². The fraction of sp³-hybridized carbons (Fsp3) is 0.222. The van der Waals surface area contributed by atoms with Gasteiger partial charge in [-0.1, -0.05) is 18.2 Å². The first-order valence-corrected chi connectivity index (χ1v) is 5.70. The van der Waals surface area contributed by atoms with Crippen molar-refractivity contribution in [2.75, 3.05) is 0 Å². The predicted octanol–water partition coefficient (Wildman–Crippen LogP) is -0.897. The lowest BCUT2D eigenvalue weighted by molar-refractivity contribution is -0.307. The molecule has 1 rings (SSSR count). The zero-order valence-electron chi connectivity index (χ0n) is 8.01. The maximum Gasteiger partial charge on any atom is 0.241 e. The lowest BCUT2D eigenvalue weighted by Gasteiger charge is -2.14. The molecule has 0 radical (unpaired) electrons. The summed E-state index contributed by atoms with van der Waals surface area (Å²) >= 11 is 0. The Labute approximate surface area is 87.8 Å². The van der Waals surface area contributed by atoms with Gasteiger partial charge in [0.25, 0.3) is 0 Å². The van der Waals surface area contributed by atoms with Gasteiger partial charge in [-0.3, -0.25) is 0 Å². The molecule has 6 heteroatoms. The van der Waals surface area contributed by atoms with Gasteiger partial charge in [-0.05, 0) is 19.1 Å². The molecule has 0 aliphatic heterocycles. The average molecular weight is 228 g/mol. The second-order valence-electron chi connectivity index (χ2n) is 2.98. The second-order valence-corrected chi connectivity index (χ2v) is 4.69. The van der Waals surface area contributed by atoms with E-state index in [1.807, 2.05) is 4.72 Å². The molecule has 0 fully saturated rings. The van der Waals surface area contributed by atoms with E-state index in [-0.39, 0.29) is 4.90 Å². The molecule has 1 atom stereocenters. The van der Waals surface area contributed by atoms with Gasteiger partial charge in [0, 0.05) is 0 Å². The first kappa shape index (κ1) is 11.7. The molecule has 0 aliphatic carbocycles. The van der Waals surface area contributed by atoms with Gasteiger partial charge < -0.3 is 9.90 Å². The molecule has 0 aliphatic rings.